The molecule has 0 spiro atoms. The summed E-state index contributed by atoms with van der Waals surface area (Å²) in [6.07, 6.45) is 10.9. The molecule has 0 aromatic carbocycles. The Morgan fingerprint density at radius 3 is 3.10 bits per heavy atom. The summed E-state index contributed by atoms with van der Waals surface area (Å²) >= 11 is 0. The van der Waals surface area contributed by atoms with Crippen molar-refractivity contribution in [2.24, 2.45) is 0 Å². The predicted molar refractivity (Wildman–Crippen MR) is 75.7 cm³/mol. The Kier molecular flexibility index (Phi) is 2.56. The molecule has 4 rings (SSSR count). The summed E-state index contributed by atoms with van der Waals surface area (Å²) < 4.78 is 2.05. The molecular formula is C14H12N6O. The zero-order chi connectivity index (χ0) is 14.2. The van der Waals surface area contributed by atoms with Gasteiger partial charge in [-0.15, -0.1) is 0 Å². The van der Waals surface area contributed by atoms with Crippen LogP contribution in [0.5, 0.6) is 0 Å². The quantitative estimate of drug-likeness (QED) is 0.744. The maximum atomic E-state index is 12.4. The normalized spacial score (nSPS) is 12.6. The average Bonchev–Trinajstić information content (AvgIpc) is 3.14. The molecule has 1 aliphatic heterocycles. The number of amides is 1. The van der Waals surface area contributed by atoms with Crippen molar-refractivity contribution in [3.8, 4) is 11.4 Å². The van der Waals surface area contributed by atoms with Gasteiger partial charge in [-0.3, -0.25) is 9.78 Å². The van der Waals surface area contributed by atoms with E-state index < -0.39 is 0 Å². The van der Waals surface area contributed by atoms with Crippen LogP contribution in [0.4, 0.5) is 5.82 Å². The molecule has 1 amide bonds. The van der Waals surface area contributed by atoms with Gasteiger partial charge in [-0.05, 0) is 0 Å². The molecule has 0 bridgehead atoms. The van der Waals surface area contributed by atoms with Crippen molar-refractivity contribution in [3.05, 3.63) is 48.4 Å². The van der Waals surface area contributed by atoms with E-state index in [4.69, 9.17) is 0 Å². The number of carbonyl (C=O) groups is 1. The number of hydrogen-bond acceptors (Lipinski definition) is 4. The predicted octanol–water partition coefficient (Wildman–Crippen LogP) is 1.48. The minimum atomic E-state index is -0.218. The van der Waals surface area contributed by atoms with Crippen LogP contribution in [0.25, 0.3) is 11.4 Å². The van der Waals surface area contributed by atoms with Crippen LogP contribution in [0.2, 0.25) is 0 Å². The van der Waals surface area contributed by atoms with E-state index in [2.05, 4.69) is 29.8 Å². The van der Waals surface area contributed by atoms with Gasteiger partial charge in [-0.2, -0.15) is 0 Å². The maximum Gasteiger partial charge on any atom is 0.259 e. The van der Waals surface area contributed by atoms with Crippen LogP contribution >= 0.6 is 0 Å². The second-order valence-corrected chi connectivity index (χ2v) is 4.79. The highest BCUT2D eigenvalue weighted by atomic mass is 16.1. The largest absolute Gasteiger partial charge is 0.364 e. The van der Waals surface area contributed by atoms with Crippen molar-refractivity contribution in [2.45, 2.75) is 13.0 Å². The Balaban J connectivity index is 1.72. The zero-order valence-corrected chi connectivity index (χ0v) is 11.1. The third kappa shape index (κ3) is 1.90. The first-order valence-corrected chi connectivity index (χ1v) is 6.62. The summed E-state index contributed by atoms with van der Waals surface area (Å²) in [5.41, 5.74) is 2.48. The zero-order valence-electron chi connectivity index (χ0n) is 11.1. The summed E-state index contributed by atoms with van der Waals surface area (Å²) in [4.78, 5) is 28.0. The van der Waals surface area contributed by atoms with Gasteiger partial charge in [0, 0.05) is 49.6 Å². The number of anilines is 1. The minimum Gasteiger partial charge on any atom is -0.364 e. The smallest absolute Gasteiger partial charge is 0.259 e. The molecular weight excluding hydrogens is 268 g/mol. The van der Waals surface area contributed by atoms with Crippen molar-refractivity contribution in [3.63, 3.8) is 0 Å². The number of aromatic nitrogens is 5. The third-order valence-electron chi connectivity index (χ3n) is 3.55. The van der Waals surface area contributed by atoms with Crippen LogP contribution < -0.4 is 5.32 Å². The number of imidazole rings is 1. The molecule has 21 heavy (non-hydrogen) atoms. The highest BCUT2D eigenvalue weighted by Gasteiger charge is 2.25. The van der Waals surface area contributed by atoms with E-state index in [-0.39, 0.29) is 5.91 Å². The number of hydrogen-bond donors (Lipinski definition) is 2. The van der Waals surface area contributed by atoms with Gasteiger partial charge in [0.15, 0.2) is 5.82 Å². The van der Waals surface area contributed by atoms with Gasteiger partial charge in [0.05, 0.1) is 17.3 Å². The van der Waals surface area contributed by atoms with Crippen LogP contribution in [0.1, 0.15) is 16.1 Å². The van der Waals surface area contributed by atoms with Gasteiger partial charge in [0.25, 0.3) is 5.91 Å². The van der Waals surface area contributed by atoms with Crippen molar-refractivity contribution in [1.29, 1.82) is 0 Å². The lowest BCUT2D eigenvalue weighted by Gasteiger charge is -2.15. The van der Waals surface area contributed by atoms with Crippen LogP contribution in [0.3, 0.4) is 0 Å². The SMILES string of the molecule is O=C(Nc1cnccn1)c1c[nH]c2c1-c1nccn1CC2. The van der Waals surface area contributed by atoms with E-state index >= 15 is 0 Å². The van der Waals surface area contributed by atoms with Crippen LogP contribution in [-0.2, 0) is 13.0 Å². The summed E-state index contributed by atoms with van der Waals surface area (Å²) in [6, 6.07) is 0. The Bertz CT molecular complexity index is 804. The third-order valence-corrected chi connectivity index (χ3v) is 3.55. The Morgan fingerprint density at radius 1 is 1.29 bits per heavy atom. The molecule has 7 heteroatoms. The number of aromatic amines is 1. The monoisotopic (exact) mass is 280 g/mol. The van der Waals surface area contributed by atoms with Gasteiger partial charge in [0.2, 0.25) is 0 Å². The molecule has 0 aliphatic carbocycles. The number of H-pyrrole nitrogens is 1. The highest BCUT2D eigenvalue weighted by Crippen LogP contribution is 2.31. The molecule has 0 radical (unpaired) electrons. The van der Waals surface area contributed by atoms with Crippen molar-refractivity contribution in [2.75, 3.05) is 5.32 Å². The lowest BCUT2D eigenvalue weighted by Crippen LogP contribution is -2.16. The van der Waals surface area contributed by atoms with Crippen LogP contribution in [-0.4, -0.2) is 30.4 Å². The molecule has 0 saturated carbocycles. The second-order valence-electron chi connectivity index (χ2n) is 4.79. The van der Waals surface area contributed by atoms with Gasteiger partial charge in [0.1, 0.15) is 5.82 Å². The summed E-state index contributed by atoms with van der Waals surface area (Å²) in [7, 11) is 0. The first kappa shape index (κ1) is 11.8. The lowest BCUT2D eigenvalue weighted by atomic mass is 10.0. The van der Waals surface area contributed by atoms with E-state index in [1.165, 1.54) is 12.4 Å². The van der Waals surface area contributed by atoms with E-state index in [1.807, 2.05) is 6.20 Å². The molecule has 104 valence electrons. The minimum absolute atomic E-state index is 0.218. The Labute approximate surface area is 120 Å². The van der Waals surface area contributed by atoms with Crippen LogP contribution in [0.15, 0.2) is 37.2 Å². The van der Waals surface area contributed by atoms with Gasteiger partial charge in [-0.25, -0.2) is 9.97 Å². The Hall–Kier alpha value is -2.96. The first-order valence-electron chi connectivity index (χ1n) is 6.62. The summed E-state index contributed by atoms with van der Waals surface area (Å²) in [5, 5.41) is 2.75. The number of nitrogens with zero attached hydrogens (tertiary/aromatic N) is 4. The number of fused-ring (bicyclic) bond motifs is 3. The van der Waals surface area contributed by atoms with Crippen molar-refractivity contribution < 1.29 is 4.79 Å². The lowest BCUT2D eigenvalue weighted by molar-refractivity contribution is 0.102. The number of carbonyl (C=O) groups excluding carboxylic acids is 1. The molecule has 0 saturated heterocycles. The van der Waals surface area contributed by atoms with Gasteiger partial charge >= 0.3 is 0 Å². The van der Waals surface area contributed by atoms with E-state index in [9.17, 15) is 4.79 Å². The van der Waals surface area contributed by atoms with Crippen molar-refractivity contribution >= 4 is 11.7 Å². The highest BCUT2D eigenvalue weighted by molar-refractivity contribution is 6.08. The second kappa shape index (κ2) is 4.55. The maximum absolute atomic E-state index is 12.4. The van der Waals surface area contributed by atoms with Gasteiger partial charge in [-0.1, -0.05) is 0 Å². The standard InChI is InChI=1S/C14H12N6O/c21-14(19-11-8-15-2-3-16-11)9-7-18-10-1-5-20-6-4-17-13(20)12(9)10/h2-4,6-8,18H,1,5H2,(H,16,19,21). The molecule has 4 heterocycles. The molecule has 3 aromatic heterocycles. The molecule has 2 N–H and O–H groups in total. The number of aryl methyl sites for hydroxylation is 2. The number of nitrogens with one attached hydrogen (secondary N) is 2. The van der Waals surface area contributed by atoms with Crippen LogP contribution in [0, 0.1) is 0 Å². The van der Waals surface area contributed by atoms with E-state index in [0.29, 0.717) is 11.4 Å². The number of rotatable bonds is 2. The fourth-order valence-electron chi connectivity index (χ4n) is 2.60. The van der Waals surface area contributed by atoms with Crippen molar-refractivity contribution in [1.82, 2.24) is 24.5 Å². The summed E-state index contributed by atoms with van der Waals surface area (Å²) in [6.45, 7) is 0.869. The Morgan fingerprint density at radius 2 is 2.24 bits per heavy atom. The fourth-order valence-corrected chi connectivity index (χ4v) is 2.60. The molecule has 0 fully saturated rings. The molecule has 0 atom stereocenters. The van der Waals surface area contributed by atoms with E-state index in [0.717, 1.165) is 30.0 Å². The summed E-state index contributed by atoms with van der Waals surface area (Å²) in [5.74, 6) is 1.03. The average molecular weight is 280 g/mol. The molecule has 3 aromatic rings. The van der Waals surface area contributed by atoms with Gasteiger partial charge < -0.3 is 14.9 Å². The topological polar surface area (TPSA) is 88.5 Å². The fraction of sp³-hybridized carbons (Fsp3) is 0.143. The molecule has 0 unspecified atom stereocenters. The first-order chi connectivity index (χ1) is 10.3. The van der Waals surface area contributed by atoms with E-state index in [1.54, 1.807) is 18.6 Å². The molecule has 7 nitrogen and oxygen atoms in total. The molecule has 1 aliphatic rings.